The van der Waals surface area contributed by atoms with Crippen LogP contribution in [0.25, 0.3) is 5.76 Å². The molecule has 1 aromatic heterocycles. The number of anilines is 1. The highest BCUT2D eigenvalue weighted by Crippen LogP contribution is 2.43. The molecule has 1 aliphatic rings. The van der Waals surface area contributed by atoms with Crippen LogP contribution in [0.15, 0.2) is 64.6 Å². The van der Waals surface area contributed by atoms with Crippen LogP contribution < -0.4 is 14.4 Å². The van der Waals surface area contributed by atoms with Gasteiger partial charge in [-0.1, -0.05) is 0 Å². The Morgan fingerprint density at radius 1 is 1.06 bits per heavy atom. The van der Waals surface area contributed by atoms with E-state index in [9.17, 15) is 14.7 Å². The molecule has 0 saturated carbocycles. The van der Waals surface area contributed by atoms with Crippen molar-refractivity contribution in [2.75, 3.05) is 11.5 Å². The predicted molar refractivity (Wildman–Crippen MR) is 133 cm³/mol. The summed E-state index contributed by atoms with van der Waals surface area (Å²) in [4.78, 5) is 27.8. The summed E-state index contributed by atoms with van der Waals surface area (Å²) in [6.45, 7) is 9.90. The number of ketones is 1. The average molecular weight is 476 g/mol. The average Bonchev–Trinajstić information content (AvgIpc) is 3.36. The summed E-state index contributed by atoms with van der Waals surface area (Å²) in [5, 5.41) is 11.3. The number of furan rings is 1. The zero-order valence-corrected chi connectivity index (χ0v) is 20.5. The van der Waals surface area contributed by atoms with Crippen molar-refractivity contribution in [3.63, 3.8) is 0 Å². The molecule has 0 aliphatic carbocycles. The van der Waals surface area contributed by atoms with Gasteiger partial charge < -0.3 is 19.0 Å². The van der Waals surface area contributed by atoms with Gasteiger partial charge in [0.05, 0.1) is 18.3 Å². The Hall–Kier alpha value is -4.00. The minimum atomic E-state index is -0.923. The topological polar surface area (TPSA) is 89.2 Å². The molecular formula is C28H29NO6. The van der Waals surface area contributed by atoms with Crippen LogP contribution in [0.2, 0.25) is 0 Å². The summed E-state index contributed by atoms with van der Waals surface area (Å²) in [7, 11) is 0. The second-order valence-corrected chi connectivity index (χ2v) is 8.69. The highest BCUT2D eigenvalue weighted by atomic mass is 16.5. The molecule has 1 amide bonds. The Balaban J connectivity index is 1.83. The molecule has 1 N–H and O–H groups in total. The number of aliphatic hydroxyl groups is 1. The van der Waals surface area contributed by atoms with Crippen molar-refractivity contribution in [2.24, 2.45) is 0 Å². The van der Waals surface area contributed by atoms with E-state index in [1.807, 2.05) is 27.7 Å². The summed E-state index contributed by atoms with van der Waals surface area (Å²) >= 11 is 0. The monoisotopic (exact) mass is 475 g/mol. The highest BCUT2D eigenvalue weighted by molar-refractivity contribution is 6.51. The summed E-state index contributed by atoms with van der Waals surface area (Å²) in [5.74, 6) is 0.552. The lowest BCUT2D eigenvalue weighted by Crippen LogP contribution is -2.29. The number of aryl methyl sites for hydroxylation is 2. The second-order valence-electron chi connectivity index (χ2n) is 8.69. The smallest absolute Gasteiger partial charge is 0.300 e. The number of nitrogens with zero attached hydrogens (tertiary/aromatic N) is 1. The van der Waals surface area contributed by atoms with E-state index in [1.54, 1.807) is 61.5 Å². The first-order chi connectivity index (χ1) is 16.7. The first kappa shape index (κ1) is 24.1. The number of hydrogen-bond donors (Lipinski definition) is 1. The molecule has 0 bridgehead atoms. The second kappa shape index (κ2) is 9.70. The zero-order chi connectivity index (χ0) is 25.3. The number of amides is 1. The molecule has 1 aliphatic heterocycles. The maximum absolute atomic E-state index is 13.3. The van der Waals surface area contributed by atoms with Crippen molar-refractivity contribution in [2.45, 2.75) is 46.8 Å². The third kappa shape index (κ3) is 4.67. The SMILES string of the molecule is CCOc1ccc(N2C(=O)C(=O)/C(=C(\O)c3ccc(OC(C)C)c(C)c3)C2c2ccc(C)o2)cc1. The third-order valence-electron chi connectivity index (χ3n) is 5.71. The van der Waals surface area contributed by atoms with Crippen molar-refractivity contribution >= 4 is 23.1 Å². The van der Waals surface area contributed by atoms with Crippen molar-refractivity contribution in [3.8, 4) is 11.5 Å². The van der Waals surface area contributed by atoms with Gasteiger partial charge in [0.15, 0.2) is 0 Å². The van der Waals surface area contributed by atoms with Gasteiger partial charge >= 0.3 is 0 Å². The summed E-state index contributed by atoms with van der Waals surface area (Å²) in [6.07, 6.45) is -0.00483. The lowest BCUT2D eigenvalue weighted by atomic mass is 9.98. The maximum Gasteiger partial charge on any atom is 0.300 e. The van der Waals surface area contributed by atoms with Crippen LogP contribution in [-0.2, 0) is 9.59 Å². The fourth-order valence-electron chi connectivity index (χ4n) is 4.18. The van der Waals surface area contributed by atoms with E-state index in [1.165, 1.54) is 4.90 Å². The standard InChI is InChI=1S/C28H29NO6/c1-6-33-21-11-9-20(10-12-21)29-25(23-13-7-18(5)35-23)24(27(31)28(29)32)26(30)19-8-14-22(17(4)15-19)34-16(2)3/h7-16,25,30H,6H2,1-5H3/b26-24-. The van der Waals surface area contributed by atoms with Gasteiger partial charge in [0.25, 0.3) is 11.7 Å². The fourth-order valence-corrected chi connectivity index (χ4v) is 4.18. The number of Topliss-reactive ketones (excluding diaryl/α,β-unsaturated/α-hetero) is 1. The normalized spacial score (nSPS) is 17.3. The number of benzene rings is 2. The molecule has 1 unspecified atom stereocenters. The van der Waals surface area contributed by atoms with Crippen LogP contribution in [0.1, 0.15) is 49.5 Å². The number of hydrogen-bond acceptors (Lipinski definition) is 6. The van der Waals surface area contributed by atoms with Gasteiger partial charge in [-0.15, -0.1) is 0 Å². The molecule has 0 radical (unpaired) electrons. The van der Waals surface area contributed by atoms with Crippen LogP contribution in [-0.4, -0.2) is 29.5 Å². The van der Waals surface area contributed by atoms with Crippen molar-refractivity contribution in [1.29, 1.82) is 0 Å². The van der Waals surface area contributed by atoms with E-state index in [4.69, 9.17) is 13.9 Å². The lowest BCUT2D eigenvalue weighted by Gasteiger charge is -2.23. The van der Waals surface area contributed by atoms with E-state index >= 15 is 0 Å². The van der Waals surface area contributed by atoms with Gasteiger partial charge in [0.2, 0.25) is 0 Å². The number of rotatable bonds is 7. The van der Waals surface area contributed by atoms with Gasteiger partial charge in [-0.05, 0) is 94.8 Å². The minimum absolute atomic E-state index is 0.00483. The van der Waals surface area contributed by atoms with Gasteiger partial charge in [0.1, 0.15) is 34.8 Å². The van der Waals surface area contributed by atoms with Gasteiger partial charge in [-0.25, -0.2) is 0 Å². The van der Waals surface area contributed by atoms with Crippen LogP contribution in [0, 0.1) is 13.8 Å². The molecular weight excluding hydrogens is 446 g/mol. The Morgan fingerprint density at radius 2 is 1.77 bits per heavy atom. The molecule has 35 heavy (non-hydrogen) atoms. The minimum Gasteiger partial charge on any atom is -0.507 e. The molecule has 182 valence electrons. The largest absolute Gasteiger partial charge is 0.507 e. The maximum atomic E-state index is 13.3. The van der Waals surface area contributed by atoms with E-state index in [0.717, 1.165) is 5.56 Å². The van der Waals surface area contributed by atoms with Crippen LogP contribution in [0.3, 0.4) is 0 Å². The molecule has 2 heterocycles. The summed E-state index contributed by atoms with van der Waals surface area (Å²) in [6, 6.07) is 14.6. The third-order valence-corrected chi connectivity index (χ3v) is 5.71. The van der Waals surface area contributed by atoms with E-state index in [-0.39, 0.29) is 17.4 Å². The van der Waals surface area contributed by atoms with E-state index in [0.29, 0.717) is 40.9 Å². The van der Waals surface area contributed by atoms with Crippen molar-refractivity contribution in [1.82, 2.24) is 0 Å². The van der Waals surface area contributed by atoms with E-state index in [2.05, 4.69) is 0 Å². The first-order valence-electron chi connectivity index (χ1n) is 11.6. The number of carbonyl (C=O) groups is 2. The van der Waals surface area contributed by atoms with Crippen molar-refractivity contribution < 1.29 is 28.6 Å². The Labute approximate surface area is 204 Å². The van der Waals surface area contributed by atoms with Gasteiger partial charge in [-0.3, -0.25) is 14.5 Å². The Kier molecular flexibility index (Phi) is 6.69. The predicted octanol–water partition coefficient (Wildman–Crippen LogP) is 5.71. The lowest BCUT2D eigenvalue weighted by molar-refractivity contribution is -0.132. The molecule has 7 nitrogen and oxygen atoms in total. The number of carbonyl (C=O) groups excluding carboxylic acids is 2. The molecule has 1 saturated heterocycles. The Morgan fingerprint density at radius 3 is 2.34 bits per heavy atom. The molecule has 3 aromatic rings. The van der Waals surface area contributed by atoms with Crippen LogP contribution in [0.5, 0.6) is 11.5 Å². The molecule has 1 atom stereocenters. The van der Waals surface area contributed by atoms with Gasteiger partial charge in [0, 0.05) is 11.3 Å². The first-order valence-corrected chi connectivity index (χ1v) is 11.6. The van der Waals surface area contributed by atoms with Crippen LogP contribution >= 0.6 is 0 Å². The molecule has 2 aromatic carbocycles. The molecule has 4 rings (SSSR count). The Bertz CT molecular complexity index is 1290. The zero-order valence-electron chi connectivity index (χ0n) is 20.5. The summed E-state index contributed by atoms with van der Waals surface area (Å²) < 4.78 is 17.1. The fraction of sp³-hybridized carbons (Fsp3) is 0.286. The molecule has 7 heteroatoms. The summed E-state index contributed by atoms with van der Waals surface area (Å²) in [5.41, 5.74) is 1.67. The number of ether oxygens (including phenoxy) is 2. The van der Waals surface area contributed by atoms with Crippen LogP contribution in [0.4, 0.5) is 5.69 Å². The van der Waals surface area contributed by atoms with Gasteiger partial charge in [-0.2, -0.15) is 0 Å². The van der Waals surface area contributed by atoms with Crippen molar-refractivity contribution in [3.05, 3.63) is 82.8 Å². The highest BCUT2D eigenvalue weighted by Gasteiger charge is 2.48. The van der Waals surface area contributed by atoms with E-state index < -0.39 is 17.7 Å². The molecule has 1 fully saturated rings. The quantitative estimate of drug-likeness (QED) is 0.268. The molecule has 0 spiro atoms. The number of aliphatic hydroxyl groups excluding tert-OH is 1.